The number of nitrogens with one attached hydrogen (secondary N) is 1. The zero-order chi connectivity index (χ0) is 17.1. The van der Waals surface area contributed by atoms with E-state index in [1.54, 1.807) is 13.1 Å². The lowest BCUT2D eigenvalue weighted by molar-refractivity contribution is 0.0951. The van der Waals surface area contributed by atoms with E-state index in [9.17, 15) is 9.59 Å². The first-order chi connectivity index (χ1) is 11.6. The predicted octanol–water partition coefficient (Wildman–Crippen LogP) is 2.05. The van der Waals surface area contributed by atoms with Crippen LogP contribution in [0.1, 0.15) is 15.9 Å². The van der Waals surface area contributed by atoms with Gasteiger partial charge in [0.15, 0.2) is 5.82 Å². The summed E-state index contributed by atoms with van der Waals surface area (Å²) in [5.74, 6) is 0.487. The summed E-state index contributed by atoms with van der Waals surface area (Å²) in [7, 11) is 1.70. The summed E-state index contributed by atoms with van der Waals surface area (Å²) >= 11 is 1.53. The number of hydrogen-bond donors (Lipinski definition) is 1. The Balaban J connectivity index is 1.66. The summed E-state index contributed by atoms with van der Waals surface area (Å²) in [6.07, 6.45) is 0. The highest BCUT2D eigenvalue weighted by Crippen LogP contribution is 2.20. The van der Waals surface area contributed by atoms with Crippen molar-refractivity contribution in [3.8, 4) is 10.7 Å². The van der Waals surface area contributed by atoms with Crippen molar-refractivity contribution in [3.05, 3.63) is 63.4 Å². The predicted molar refractivity (Wildman–Crippen MR) is 94.3 cm³/mol. The number of rotatable bonds is 5. The quantitative estimate of drug-likeness (QED) is 0.771. The molecule has 0 fully saturated rings. The molecule has 2 aromatic heterocycles. The average Bonchev–Trinajstić information content (AvgIpc) is 3.18. The fourth-order valence-electron chi connectivity index (χ4n) is 2.42. The minimum atomic E-state index is -0.191. The first kappa shape index (κ1) is 16.2. The Labute approximate surface area is 143 Å². The highest BCUT2D eigenvalue weighted by atomic mass is 32.1. The van der Waals surface area contributed by atoms with Gasteiger partial charge in [-0.3, -0.25) is 9.36 Å². The molecule has 0 aliphatic carbocycles. The average molecular weight is 342 g/mol. The lowest BCUT2D eigenvalue weighted by Gasteiger charge is -2.05. The van der Waals surface area contributed by atoms with Crippen molar-refractivity contribution in [1.29, 1.82) is 0 Å². The molecule has 6 nitrogen and oxygen atoms in total. The van der Waals surface area contributed by atoms with Gasteiger partial charge in [-0.25, -0.2) is 9.48 Å². The first-order valence-corrected chi connectivity index (χ1v) is 8.47. The van der Waals surface area contributed by atoms with Crippen LogP contribution in [0.2, 0.25) is 0 Å². The summed E-state index contributed by atoms with van der Waals surface area (Å²) in [5.41, 5.74) is 1.45. The van der Waals surface area contributed by atoms with Gasteiger partial charge >= 0.3 is 5.69 Å². The van der Waals surface area contributed by atoms with E-state index in [0.29, 0.717) is 24.5 Å². The standard InChI is InChI=1S/C17H18N4O2S/c1-12-5-3-6-13(11-12)16(22)18-8-9-21-17(23)20(2)15(19-21)14-7-4-10-24-14/h3-7,10-11H,8-9H2,1-2H3,(H,18,22). The number of carbonyl (C=O) groups excluding carboxylic acids is 1. The monoisotopic (exact) mass is 342 g/mol. The van der Waals surface area contributed by atoms with Crippen LogP contribution in [0.4, 0.5) is 0 Å². The zero-order valence-electron chi connectivity index (χ0n) is 13.5. The van der Waals surface area contributed by atoms with Gasteiger partial charge in [0.05, 0.1) is 11.4 Å². The molecule has 3 aromatic rings. The molecule has 1 N–H and O–H groups in total. The maximum absolute atomic E-state index is 12.2. The molecule has 0 aliphatic rings. The molecule has 0 bridgehead atoms. The molecule has 0 saturated heterocycles. The van der Waals surface area contributed by atoms with Crippen LogP contribution in [-0.4, -0.2) is 26.8 Å². The lowest BCUT2D eigenvalue weighted by Crippen LogP contribution is -2.31. The van der Waals surface area contributed by atoms with Crippen LogP contribution in [0.5, 0.6) is 0 Å². The van der Waals surface area contributed by atoms with Gasteiger partial charge in [0.25, 0.3) is 5.91 Å². The zero-order valence-corrected chi connectivity index (χ0v) is 14.3. The SMILES string of the molecule is Cc1cccc(C(=O)NCCn2nc(-c3cccs3)n(C)c2=O)c1. The van der Waals surface area contributed by atoms with Crippen molar-refractivity contribution in [2.24, 2.45) is 7.05 Å². The summed E-state index contributed by atoms with van der Waals surface area (Å²) in [5, 5.41) is 9.13. The van der Waals surface area contributed by atoms with E-state index in [0.717, 1.165) is 10.4 Å². The van der Waals surface area contributed by atoms with E-state index >= 15 is 0 Å². The van der Waals surface area contributed by atoms with Crippen LogP contribution >= 0.6 is 11.3 Å². The maximum Gasteiger partial charge on any atom is 0.346 e. The highest BCUT2D eigenvalue weighted by Gasteiger charge is 2.13. The molecule has 7 heteroatoms. The van der Waals surface area contributed by atoms with Gasteiger partial charge in [-0.15, -0.1) is 16.4 Å². The van der Waals surface area contributed by atoms with Crippen LogP contribution < -0.4 is 11.0 Å². The second-order valence-corrected chi connectivity index (χ2v) is 6.44. The van der Waals surface area contributed by atoms with Crippen molar-refractivity contribution in [3.63, 3.8) is 0 Å². The van der Waals surface area contributed by atoms with Crippen LogP contribution in [0.3, 0.4) is 0 Å². The van der Waals surface area contributed by atoms with E-state index < -0.39 is 0 Å². The number of amides is 1. The first-order valence-electron chi connectivity index (χ1n) is 7.59. The Morgan fingerprint density at radius 1 is 1.29 bits per heavy atom. The smallest absolute Gasteiger partial charge is 0.346 e. The van der Waals surface area contributed by atoms with E-state index in [1.807, 2.05) is 42.6 Å². The van der Waals surface area contributed by atoms with Gasteiger partial charge in [-0.1, -0.05) is 23.8 Å². The number of thiophene rings is 1. The molecule has 0 saturated carbocycles. The van der Waals surface area contributed by atoms with Gasteiger partial charge < -0.3 is 5.32 Å². The van der Waals surface area contributed by atoms with Gasteiger partial charge in [-0.05, 0) is 30.5 Å². The number of hydrogen-bond acceptors (Lipinski definition) is 4. The third-order valence-electron chi connectivity index (χ3n) is 3.67. The van der Waals surface area contributed by atoms with E-state index in [1.165, 1.54) is 20.6 Å². The normalized spacial score (nSPS) is 10.8. The molecule has 1 amide bonds. The van der Waals surface area contributed by atoms with Gasteiger partial charge in [-0.2, -0.15) is 0 Å². The summed E-state index contributed by atoms with van der Waals surface area (Å²) in [4.78, 5) is 25.3. The third kappa shape index (κ3) is 3.30. The van der Waals surface area contributed by atoms with Crippen LogP contribution in [-0.2, 0) is 13.6 Å². The Morgan fingerprint density at radius 2 is 2.12 bits per heavy atom. The molecule has 0 atom stereocenters. The van der Waals surface area contributed by atoms with E-state index in [2.05, 4.69) is 10.4 Å². The van der Waals surface area contributed by atoms with Crippen molar-refractivity contribution in [2.75, 3.05) is 6.54 Å². The van der Waals surface area contributed by atoms with Gasteiger partial charge in [0.2, 0.25) is 0 Å². The second kappa shape index (κ2) is 6.84. The molecule has 1 aromatic carbocycles. The largest absolute Gasteiger partial charge is 0.350 e. The molecule has 2 heterocycles. The fraction of sp³-hybridized carbons (Fsp3) is 0.235. The van der Waals surface area contributed by atoms with Crippen molar-refractivity contribution in [2.45, 2.75) is 13.5 Å². The summed E-state index contributed by atoms with van der Waals surface area (Å²) in [6, 6.07) is 11.2. The van der Waals surface area contributed by atoms with E-state index in [-0.39, 0.29) is 11.6 Å². The third-order valence-corrected chi connectivity index (χ3v) is 4.54. The Hall–Kier alpha value is -2.67. The molecule has 24 heavy (non-hydrogen) atoms. The Morgan fingerprint density at radius 3 is 2.83 bits per heavy atom. The number of nitrogens with zero attached hydrogens (tertiary/aromatic N) is 3. The molecule has 0 aliphatic heterocycles. The van der Waals surface area contributed by atoms with Crippen LogP contribution in [0, 0.1) is 6.92 Å². The molecule has 0 unspecified atom stereocenters. The Bertz CT molecular complexity index is 909. The van der Waals surface area contributed by atoms with Gasteiger partial charge in [0.1, 0.15) is 0 Å². The maximum atomic E-state index is 12.2. The fourth-order valence-corrected chi connectivity index (χ4v) is 3.16. The number of aryl methyl sites for hydroxylation is 1. The number of benzene rings is 1. The van der Waals surface area contributed by atoms with Crippen LogP contribution in [0.25, 0.3) is 10.7 Å². The molecular weight excluding hydrogens is 324 g/mol. The van der Waals surface area contributed by atoms with Gasteiger partial charge in [0, 0.05) is 19.2 Å². The number of carbonyl (C=O) groups is 1. The second-order valence-electron chi connectivity index (χ2n) is 5.49. The molecule has 124 valence electrons. The molecule has 0 radical (unpaired) electrons. The summed E-state index contributed by atoms with van der Waals surface area (Å²) in [6.45, 7) is 2.61. The van der Waals surface area contributed by atoms with Crippen molar-refractivity contribution < 1.29 is 4.79 Å². The summed E-state index contributed by atoms with van der Waals surface area (Å²) < 4.78 is 2.90. The minimum absolute atomic E-state index is 0.152. The minimum Gasteiger partial charge on any atom is -0.350 e. The Kier molecular flexibility index (Phi) is 4.61. The van der Waals surface area contributed by atoms with Crippen molar-refractivity contribution >= 4 is 17.2 Å². The topological polar surface area (TPSA) is 68.9 Å². The van der Waals surface area contributed by atoms with E-state index in [4.69, 9.17) is 0 Å². The van der Waals surface area contributed by atoms with Crippen molar-refractivity contribution in [1.82, 2.24) is 19.7 Å². The molecule has 0 spiro atoms. The number of aromatic nitrogens is 3. The van der Waals surface area contributed by atoms with Crippen LogP contribution in [0.15, 0.2) is 46.6 Å². The highest BCUT2D eigenvalue weighted by molar-refractivity contribution is 7.13. The molecule has 3 rings (SSSR count). The molecular formula is C17H18N4O2S. The lowest BCUT2D eigenvalue weighted by atomic mass is 10.1.